The molecule has 1 N–H and O–H groups in total. The summed E-state index contributed by atoms with van der Waals surface area (Å²) in [6.07, 6.45) is 1.77. The molecule has 0 aliphatic rings. The fourth-order valence-corrected chi connectivity index (χ4v) is 2.20. The zero-order chi connectivity index (χ0) is 14.7. The zero-order valence-corrected chi connectivity index (χ0v) is 11.6. The van der Waals surface area contributed by atoms with E-state index < -0.39 is 0 Å². The van der Waals surface area contributed by atoms with Crippen molar-refractivity contribution in [1.29, 1.82) is 0 Å². The molecule has 0 aliphatic carbocycles. The minimum Gasteiger partial charge on any atom is -0.497 e. The third-order valence-electron chi connectivity index (χ3n) is 3.32. The molecule has 106 valence electrons. The van der Waals surface area contributed by atoms with Gasteiger partial charge in [0.15, 0.2) is 0 Å². The molecule has 1 heterocycles. The number of pyridine rings is 1. The molecule has 3 nitrogen and oxygen atoms in total. The molecular weight excluding hydrogens is 267 g/mol. The molecule has 3 aromatic rings. The van der Waals surface area contributed by atoms with Crippen molar-refractivity contribution in [3.05, 3.63) is 66.1 Å². The van der Waals surface area contributed by atoms with Gasteiger partial charge < -0.3 is 10.1 Å². The molecule has 0 spiro atoms. The number of ether oxygens (including phenoxy) is 1. The lowest BCUT2D eigenvalue weighted by molar-refractivity contribution is 0.414. The highest BCUT2D eigenvalue weighted by Crippen LogP contribution is 2.22. The van der Waals surface area contributed by atoms with Crippen LogP contribution >= 0.6 is 0 Å². The normalized spacial score (nSPS) is 10.6. The first-order chi connectivity index (χ1) is 10.3. The van der Waals surface area contributed by atoms with E-state index in [1.54, 1.807) is 25.4 Å². The number of aromatic nitrogens is 1. The van der Waals surface area contributed by atoms with Crippen molar-refractivity contribution in [2.24, 2.45) is 0 Å². The van der Waals surface area contributed by atoms with E-state index in [0.29, 0.717) is 18.0 Å². The Bertz CT molecular complexity index is 774. The minimum atomic E-state index is -0.293. The maximum Gasteiger partial charge on any atom is 0.146 e. The maximum absolute atomic E-state index is 13.7. The number of benzene rings is 2. The number of nitrogens with zero attached hydrogens (tertiary/aromatic N) is 1. The van der Waals surface area contributed by atoms with Gasteiger partial charge >= 0.3 is 0 Å². The summed E-state index contributed by atoms with van der Waals surface area (Å²) in [5.41, 5.74) is 2.45. The zero-order valence-electron chi connectivity index (χ0n) is 11.6. The van der Waals surface area contributed by atoms with Gasteiger partial charge in [-0.2, -0.15) is 0 Å². The number of hydrogen-bond acceptors (Lipinski definition) is 3. The summed E-state index contributed by atoms with van der Waals surface area (Å²) in [6, 6.07) is 14.6. The standard InChI is InChI=1S/C17H15FN2O/c1-21-14-5-6-15(18)17(10-14)20-11-12-4-7-16-13(9-12)3-2-8-19-16/h2-10,20H,11H2,1H3. The van der Waals surface area contributed by atoms with Gasteiger partial charge in [0.1, 0.15) is 11.6 Å². The summed E-state index contributed by atoms with van der Waals surface area (Å²) in [5.74, 6) is 0.333. The molecule has 2 aromatic carbocycles. The second kappa shape index (κ2) is 5.79. The van der Waals surface area contributed by atoms with Crippen molar-refractivity contribution in [3.8, 4) is 5.75 Å². The summed E-state index contributed by atoms with van der Waals surface area (Å²) in [5, 5.41) is 4.17. The smallest absolute Gasteiger partial charge is 0.146 e. The number of fused-ring (bicyclic) bond motifs is 1. The van der Waals surface area contributed by atoms with Crippen LogP contribution in [0, 0.1) is 5.82 Å². The van der Waals surface area contributed by atoms with Crippen LogP contribution in [0.4, 0.5) is 10.1 Å². The van der Waals surface area contributed by atoms with Crippen LogP contribution in [0.1, 0.15) is 5.56 Å². The van der Waals surface area contributed by atoms with Gasteiger partial charge in [-0.15, -0.1) is 0 Å². The Labute approximate surface area is 122 Å². The van der Waals surface area contributed by atoms with Gasteiger partial charge in [-0.25, -0.2) is 4.39 Å². The van der Waals surface area contributed by atoms with Crippen molar-refractivity contribution in [3.63, 3.8) is 0 Å². The number of hydrogen-bond donors (Lipinski definition) is 1. The molecule has 0 amide bonds. The van der Waals surface area contributed by atoms with Gasteiger partial charge in [-0.05, 0) is 35.9 Å². The molecule has 0 fully saturated rings. The van der Waals surface area contributed by atoms with Crippen LogP contribution in [-0.2, 0) is 6.54 Å². The molecule has 0 radical (unpaired) electrons. The molecule has 0 bridgehead atoms. The summed E-state index contributed by atoms with van der Waals surface area (Å²) >= 11 is 0. The molecular formula is C17H15FN2O. The van der Waals surface area contributed by atoms with Crippen molar-refractivity contribution in [1.82, 2.24) is 4.98 Å². The molecule has 0 saturated heterocycles. The highest BCUT2D eigenvalue weighted by Gasteiger charge is 2.04. The number of halogens is 1. The lowest BCUT2D eigenvalue weighted by Gasteiger charge is -2.10. The molecule has 0 unspecified atom stereocenters. The summed E-state index contributed by atoms with van der Waals surface area (Å²) in [6.45, 7) is 0.537. The molecule has 0 saturated carbocycles. The van der Waals surface area contributed by atoms with Crippen molar-refractivity contribution in [2.75, 3.05) is 12.4 Å². The lowest BCUT2D eigenvalue weighted by Crippen LogP contribution is -2.02. The SMILES string of the molecule is COc1ccc(F)c(NCc2ccc3ncccc3c2)c1. The summed E-state index contributed by atoms with van der Waals surface area (Å²) in [7, 11) is 1.56. The number of anilines is 1. The first-order valence-corrected chi connectivity index (χ1v) is 6.67. The molecule has 0 aliphatic heterocycles. The van der Waals surface area contributed by atoms with Crippen molar-refractivity contribution < 1.29 is 9.13 Å². The Kier molecular flexibility index (Phi) is 3.69. The van der Waals surface area contributed by atoms with Crippen molar-refractivity contribution >= 4 is 16.6 Å². The predicted molar refractivity (Wildman–Crippen MR) is 82.0 cm³/mol. The van der Waals surface area contributed by atoms with E-state index in [1.165, 1.54) is 6.07 Å². The highest BCUT2D eigenvalue weighted by atomic mass is 19.1. The molecule has 3 rings (SSSR count). The Morgan fingerprint density at radius 1 is 1.14 bits per heavy atom. The fraction of sp³-hybridized carbons (Fsp3) is 0.118. The largest absolute Gasteiger partial charge is 0.497 e. The van der Waals surface area contributed by atoms with Crippen LogP contribution in [0.5, 0.6) is 5.75 Å². The third-order valence-corrected chi connectivity index (χ3v) is 3.32. The van der Waals surface area contributed by atoms with Gasteiger partial charge in [0.25, 0.3) is 0 Å². The van der Waals surface area contributed by atoms with E-state index in [4.69, 9.17) is 4.74 Å². The van der Waals surface area contributed by atoms with Gasteiger partial charge in [0.05, 0.1) is 18.3 Å². The Hall–Kier alpha value is -2.62. The van der Waals surface area contributed by atoms with E-state index in [0.717, 1.165) is 16.5 Å². The highest BCUT2D eigenvalue weighted by molar-refractivity contribution is 5.79. The van der Waals surface area contributed by atoms with Crippen molar-refractivity contribution in [2.45, 2.75) is 6.54 Å². The Morgan fingerprint density at radius 2 is 2.05 bits per heavy atom. The van der Waals surface area contributed by atoms with E-state index in [9.17, 15) is 4.39 Å². The van der Waals surface area contributed by atoms with Crippen LogP contribution in [0.15, 0.2) is 54.7 Å². The average molecular weight is 282 g/mol. The first kappa shape index (κ1) is 13.4. The van der Waals surface area contributed by atoms with Crippen LogP contribution < -0.4 is 10.1 Å². The van der Waals surface area contributed by atoms with E-state index in [2.05, 4.69) is 10.3 Å². The van der Waals surface area contributed by atoms with Gasteiger partial charge in [0, 0.05) is 24.2 Å². The topological polar surface area (TPSA) is 34.1 Å². The third kappa shape index (κ3) is 2.94. The molecule has 0 atom stereocenters. The number of nitrogens with one attached hydrogen (secondary N) is 1. The van der Waals surface area contributed by atoms with Gasteiger partial charge in [0.2, 0.25) is 0 Å². The maximum atomic E-state index is 13.7. The monoisotopic (exact) mass is 282 g/mol. The van der Waals surface area contributed by atoms with Gasteiger partial charge in [-0.3, -0.25) is 4.98 Å². The molecule has 1 aromatic heterocycles. The Morgan fingerprint density at radius 3 is 2.90 bits per heavy atom. The van der Waals surface area contributed by atoms with Crippen LogP contribution in [-0.4, -0.2) is 12.1 Å². The van der Waals surface area contributed by atoms with Crippen LogP contribution in [0.3, 0.4) is 0 Å². The number of rotatable bonds is 4. The second-order valence-electron chi connectivity index (χ2n) is 4.73. The quantitative estimate of drug-likeness (QED) is 0.785. The second-order valence-corrected chi connectivity index (χ2v) is 4.73. The first-order valence-electron chi connectivity index (χ1n) is 6.67. The summed E-state index contributed by atoms with van der Waals surface area (Å²) < 4.78 is 18.8. The summed E-state index contributed by atoms with van der Waals surface area (Å²) in [4.78, 5) is 4.28. The van der Waals surface area contributed by atoms with Gasteiger partial charge in [-0.1, -0.05) is 12.1 Å². The fourth-order valence-electron chi connectivity index (χ4n) is 2.20. The Balaban J connectivity index is 1.80. The lowest BCUT2D eigenvalue weighted by atomic mass is 10.1. The molecule has 21 heavy (non-hydrogen) atoms. The molecule has 4 heteroatoms. The minimum absolute atomic E-state index is 0.293. The van der Waals surface area contributed by atoms with E-state index in [-0.39, 0.29) is 5.82 Å². The number of methoxy groups -OCH3 is 1. The van der Waals surface area contributed by atoms with Crippen LogP contribution in [0.2, 0.25) is 0 Å². The predicted octanol–water partition coefficient (Wildman–Crippen LogP) is 3.99. The van der Waals surface area contributed by atoms with Crippen LogP contribution in [0.25, 0.3) is 10.9 Å². The average Bonchev–Trinajstić information content (AvgIpc) is 2.54. The van der Waals surface area contributed by atoms with E-state index >= 15 is 0 Å². The van der Waals surface area contributed by atoms with E-state index in [1.807, 2.05) is 30.3 Å².